The van der Waals surface area contributed by atoms with Gasteiger partial charge in [-0.15, -0.1) is 0 Å². The van der Waals surface area contributed by atoms with Gasteiger partial charge in [-0.05, 0) is 24.6 Å². The second-order valence-electron chi connectivity index (χ2n) is 5.53. The first kappa shape index (κ1) is 10.6. The highest BCUT2D eigenvalue weighted by Crippen LogP contribution is 2.39. The lowest BCUT2D eigenvalue weighted by Gasteiger charge is -2.37. The first-order valence-electron chi connectivity index (χ1n) is 6.69. The number of aromatic amines is 1. The number of fused-ring (bicyclic) bond motifs is 4. The van der Waals surface area contributed by atoms with Crippen molar-refractivity contribution in [2.24, 2.45) is 0 Å². The van der Waals surface area contributed by atoms with Crippen LogP contribution in [0.5, 0.6) is 0 Å². The predicted molar refractivity (Wildman–Crippen MR) is 71.9 cm³/mol. The molecule has 94 valence electrons. The van der Waals surface area contributed by atoms with Gasteiger partial charge in [-0.2, -0.15) is 0 Å². The average Bonchev–Trinajstić information content (AvgIpc) is 2.96. The molecule has 2 aromatic rings. The fourth-order valence-electron chi connectivity index (χ4n) is 3.74. The number of hydrogen-bond donors (Lipinski definition) is 2. The Labute approximate surface area is 107 Å². The summed E-state index contributed by atoms with van der Waals surface area (Å²) in [4.78, 5) is 3.57. The zero-order valence-corrected chi connectivity index (χ0v) is 10.6. The summed E-state index contributed by atoms with van der Waals surface area (Å²) >= 11 is 0. The maximum Gasteiger partial charge on any atom is 0.0887 e. The average molecular weight is 242 g/mol. The maximum absolute atomic E-state index is 5.90. The van der Waals surface area contributed by atoms with Gasteiger partial charge < -0.3 is 15.0 Å². The van der Waals surface area contributed by atoms with E-state index in [-0.39, 0.29) is 5.60 Å². The van der Waals surface area contributed by atoms with E-state index in [2.05, 4.69) is 34.6 Å². The molecule has 3 nitrogen and oxygen atoms in total. The van der Waals surface area contributed by atoms with Crippen LogP contribution in [0.3, 0.4) is 0 Å². The molecule has 2 atom stereocenters. The highest BCUT2D eigenvalue weighted by molar-refractivity contribution is 5.85. The molecule has 1 fully saturated rings. The van der Waals surface area contributed by atoms with Gasteiger partial charge >= 0.3 is 0 Å². The zero-order chi connectivity index (χ0) is 12.2. The Balaban J connectivity index is 1.89. The van der Waals surface area contributed by atoms with E-state index in [1.54, 1.807) is 0 Å². The number of benzene rings is 1. The van der Waals surface area contributed by atoms with Crippen LogP contribution >= 0.6 is 0 Å². The fraction of sp³-hybridized carbons (Fsp3) is 0.467. The van der Waals surface area contributed by atoms with E-state index in [1.165, 1.54) is 22.2 Å². The summed E-state index contributed by atoms with van der Waals surface area (Å²) in [6.07, 6.45) is 3.20. The van der Waals surface area contributed by atoms with Gasteiger partial charge in [0.05, 0.1) is 5.60 Å². The van der Waals surface area contributed by atoms with Crippen molar-refractivity contribution in [3.05, 3.63) is 35.5 Å². The number of methoxy groups -OCH3 is 1. The smallest absolute Gasteiger partial charge is 0.0887 e. The molecule has 4 rings (SSSR count). The SMILES string of the molecule is CO[C@@]12CCN[C@@H]1Cc1[nH]c3ccccc3c1C2. The van der Waals surface area contributed by atoms with Gasteiger partial charge in [-0.25, -0.2) is 0 Å². The molecule has 2 aliphatic rings. The topological polar surface area (TPSA) is 37.0 Å². The Morgan fingerprint density at radius 2 is 2.22 bits per heavy atom. The van der Waals surface area contributed by atoms with Gasteiger partial charge in [0, 0.05) is 42.6 Å². The molecule has 1 saturated heterocycles. The summed E-state index contributed by atoms with van der Waals surface area (Å²) in [7, 11) is 1.86. The Bertz CT molecular complexity index is 604. The van der Waals surface area contributed by atoms with Gasteiger partial charge in [0.15, 0.2) is 0 Å². The van der Waals surface area contributed by atoms with E-state index >= 15 is 0 Å². The van der Waals surface area contributed by atoms with Crippen molar-refractivity contribution in [1.82, 2.24) is 10.3 Å². The van der Waals surface area contributed by atoms with E-state index < -0.39 is 0 Å². The lowest BCUT2D eigenvalue weighted by Crippen LogP contribution is -2.50. The molecule has 2 heterocycles. The molecule has 0 amide bonds. The first-order chi connectivity index (χ1) is 8.82. The molecule has 0 radical (unpaired) electrons. The third-order valence-electron chi connectivity index (χ3n) is 4.77. The van der Waals surface area contributed by atoms with Gasteiger partial charge in [-0.3, -0.25) is 0 Å². The number of hydrogen-bond acceptors (Lipinski definition) is 2. The van der Waals surface area contributed by atoms with Crippen molar-refractivity contribution in [1.29, 1.82) is 0 Å². The van der Waals surface area contributed by atoms with Gasteiger partial charge in [-0.1, -0.05) is 18.2 Å². The summed E-state index contributed by atoms with van der Waals surface area (Å²) < 4.78 is 5.90. The van der Waals surface area contributed by atoms with Crippen molar-refractivity contribution in [2.75, 3.05) is 13.7 Å². The normalized spacial score (nSPS) is 30.4. The van der Waals surface area contributed by atoms with Crippen LogP contribution in [0.25, 0.3) is 10.9 Å². The van der Waals surface area contributed by atoms with Crippen molar-refractivity contribution in [2.45, 2.75) is 30.9 Å². The third kappa shape index (κ3) is 1.26. The van der Waals surface area contributed by atoms with E-state index in [0.29, 0.717) is 6.04 Å². The molecule has 0 spiro atoms. The first-order valence-corrected chi connectivity index (χ1v) is 6.69. The minimum absolute atomic E-state index is 0.0119. The number of aromatic nitrogens is 1. The predicted octanol–water partition coefficient (Wildman–Crippen LogP) is 2.01. The number of para-hydroxylation sites is 1. The Kier molecular flexibility index (Phi) is 2.11. The van der Waals surface area contributed by atoms with Crippen molar-refractivity contribution >= 4 is 10.9 Å². The van der Waals surface area contributed by atoms with Crippen LogP contribution in [0.4, 0.5) is 0 Å². The van der Waals surface area contributed by atoms with Crippen molar-refractivity contribution in [3.8, 4) is 0 Å². The summed E-state index contributed by atoms with van der Waals surface area (Å²) in [5.74, 6) is 0. The summed E-state index contributed by atoms with van der Waals surface area (Å²) in [6.45, 7) is 1.07. The molecule has 1 aromatic heterocycles. The molecule has 0 bridgehead atoms. The molecular weight excluding hydrogens is 224 g/mol. The Morgan fingerprint density at radius 3 is 3.11 bits per heavy atom. The molecular formula is C15H18N2O. The molecule has 1 aliphatic heterocycles. The van der Waals surface area contributed by atoms with E-state index in [0.717, 1.165) is 25.8 Å². The van der Waals surface area contributed by atoms with E-state index in [9.17, 15) is 0 Å². The van der Waals surface area contributed by atoms with Crippen LogP contribution in [0.2, 0.25) is 0 Å². The molecule has 0 unspecified atom stereocenters. The lowest BCUT2D eigenvalue weighted by molar-refractivity contribution is -0.0242. The molecule has 2 N–H and O–H groups in total. The molecule has 3 heteroatoms. The highest BCUT2D eigenvalue weighted by Gasteiger charge is 2.47. The summed E-state index contributed by atoms with van der Waals surface area (Å²) in [5.41, 5.74) is 4.13. The third-order valence-corrected chi connectivity index (χ3v) is 4.77. The molecule has 1 aromatic carbocycles. The van der Waals surface area contributed by atoms with Crippen LogP contribution in [-0.2, 0) is 17.6 Å². The number of H-pyrrole nitrogens is 1. The lowest BCUT2D eigenvalue weighted by atomic mass is 9.79. The van der Waals surface area contributed by atoms with Gasteiger partial charge in [0.2, 0.25) is 0 Å². The van der Waals surface area contributed by atoms with Crippen LogP contribution in [0.15, 0.2) is 24.3 Å². The Hall–Kier alpha value is -1.32. The number of ether oxygens (including phenoxy) is 1. The van der Waals surface area contributed by atoms with Crippen molar-refractivity contribution in [3.63, 3.8) is 0 Å². The molecule has 0 saturated carbocycles. The van der Waals surface area contributed by atoms with E-state index in [4.69, 9.17) is 4.74 Å². The standard InChI is InChI=1S/C15H18N2O/c1-18-15-6-7-16-14(15)8-13-11(9-15)10-4-2-3-5-12(10)17-13/h2-5,14,16-17H,6-9H2,1H3/t14-,15-/m1/s1. The van der Waals surface area contributed by atoms with Crippen LogP contribution in [-0.4, -0.2) is 30.3 Å². The minimum atomic E-state index is 0.0119. The van der Waals surface area contributed by atoms with Crippen LogP contribution in [0.1, 0.15) is 17.7 Å². The van der Waals surface area contributed by atoms with Crippen LogP contribution in [0, 0.1) is 0 Å². The van der Waals surface area contributed by atoms with Crippen molar-refractivity contribution < 1.29 is 4.74 Å². The Morgan fingerprint density at radius 1 is 1.33 bits per heavy atom. The summed E-state index contributed by atoms with van der Waals surface area (Å²) in [5, 5.41) is 4.96. The highest BCUT2D eigenvalue weighted by atomic mass is 16.5. The zero-order valence-electron chi connectivity index (χ0n) is 10.6. The largest absolute Gasteiger partial charge is 0.376 e. The number of nitrogens with one attached hydrogen (secondary N) is 2. The second-order valence-corrected chi connectivity index (χ2v) is 5.53. The quantitative estimate of drug-likeness (QED) is 0.802. The van der Waals surface area contributed by atoms with Gasteiger partial charge in [0.25, 0.3) is 0 Å². The van der Waals surface area contributed by atoms with E-state index in [1.807, 2.05) is 7.11 Å². The maximum atomic E-state index is 5.90. The fourth-order valence-corrected chi connectivity index (χ4v) is 3.74. The monoisotopic (exact) mass is 242 g/mol. The van der Waals surface area contributed by atoms with Crippen LogP contribution < -0.4 is 5.32 Å². The number of rotatable bonds is 1. The van der Waals surface area contributed by atoms with Gasteiger partial charge in [0.1, 0.15) is 0 Å². The second kappa shape index (κ2) is 3.59. The minimum Gasteiger partial charge on any atom is -0.376 e. The molecule has 18 heavy (non-hydrogen) atoms. The summed E-state index contributed by atoms with van der Waals surface area (Å²) in [6, 6.07) is 9.06. The molecule has 1 aliphatic carbocycles.